The molecule has 0 spiro atoms. The van der Waals surface area contributed by atoms with E-state index in [1.54, 1.807) is 12.1 Å². The maximum absolute atomic E-state index is 13.4. The van der Waals surface area contributed by atoms with E-state index in [0.717, 1.165) is 0 Å². The van der Waals surface area contributed by atoms with Crippen molar-refractivity contribution in [2.75, 3.05) is 12.8 Å². The Morgan fingerprint density at radius 1 is 1.50 bits per heavy atom. The van der Waals surface area contributed by atoms with E-state index in [-0.39, 0.29) is 5.82 Å². The molecule has 0 bridgehead atoms. The number of benzene rings is 1. The van der Waals surface area contributed by atoms with Gasteiger partial charge in [0, 0.05) is 23.8 Å². The predicted molar refractivity (Wildman–Crippen MR) is 55.3 cm³/mol. The van der Waals surface area contributed by atoms with Gasteiger partial charge in [0.1, 0.15) is 5.82 Å². The highest BCUT2D eigenvalue weighted by Gasteiger charge is 2.26. The fourth-order valence-electron chi connectivity index (χ4n) is 1.64. The molecule has 0 atom stereocenters. The Morgan fingerprint density at radius 2 is 2.21 bits per heavy atom. The third kappa shape index (κ3) is 1.87. The van der Waals surface area contributed by atoms with E-state index in [4.69, 9.17) is 5.73 Å². The second-order valence-electron chi connectivity index (χ2n) is 3.95. The van der Waals surface area contributed by atoms with Crippen molar-refractivity contribution in [3.63, 3.8) is 0 Å². The van der Waals surface area contributed by atoms with Crippen LogP contribution in [0.15, 0.2) is 18.2 Å². The topological polar surface area (TPSA) is 29.3 Å². The molecule has 1 aliphatic carbocycles. The molecule has 1 fully saturated rings. The van der Waals surface area contributed by atoms with Crippen molar-refractivity contribution in [1.29, 1.82) is 0 Å². The van der Waals surface area contributed by atoms with Gasteiger partial charge in [-0.2, -0.15) is 0 Å². The number of hydrogen-bond donors (Lipinski definition) is 1. The summed E-state index contributed by atoms with van der Waals surface area (Å²) in [5.41, 5.74) is 6.90. The molecular weight excluding hydrogens is 179 g/mol. The molecule has 1 aromatic carbocycles. The molecule has 0 unspecified atom stereocenters. The zero-order valence-corrected chi connectivity index (χ0v) is 8.33. The molecule has 0 saturated heterocycles. The smallest absolute Gasteiger partial charge is 0.129 e. The summed E-state index contributed by atoms with van der Waals surface area (Å²) in [6.45, 7) is 0.614. The summed E-state index contributed by atoms with van der Waals surface area (Å²) in [7, 11) is 2.02. The Kier molecular flexibility index (Phi) is 2.42. The molecule has 0 radical (unpaired) electrons. The second kappa shape index (κ2) is 3.58. The van der Waals surface area contributed by atoms with Crippen LogP contribution in [0.1, 0.15) is 18.4 Å². The summed E-state index contributed by atoms with van der Waals surface area (Å²) in [5, 5.41) is 0. The van der Waals surface area contributed by atoms with E-state index < -0.39 is 0 Å². The lowest BCUT2D eigenvalue weighted by molar-refractivity contribution is 0.312. The van der Waals surface area contributed by atoms with E-state index in [2.05, 4.69) is 4.90 Å². The van der Waals surface area contributed by atoms with Crippen LogP contribution in [0.25, 0.3) is 0 Å². The van der Waals surface area contributed by atoms with Gasteiger partial charge in [-0.1, -0.05) is 6.07 Å². The molecule has 0 aromatic heterocycles. The number of hydrogen-bond acceptors (Lipinski definition) is 2. The fraction of sp³-hybridized carbons (Fsp3) is 0.455. The highest BCUT2D eigenvalue weighted by atomic mass is 19.1. The van der Waals surface area contributed by atoms with Gasteiger partial charge in [-0.15, -0.1) is 0 Å². The van der Waals surface area contributed by atoms with Crippen LogP contribution in [-0.4, -0.2) is 18.0 Å². The first-order chi connectivity index (χ1) is 6.68. The minimum absolute atomic E-state index is 0.197. The lowest BCUT2D eigenvalue weighted by Gasteiger charge is -2.17. The van der Waals surface area contributed by atoms with Crippen LogP contribution in [-0.2, 0) is 6.54 Å². The van der Waals surface area contributed by atoms with Crippen LogP contribution in [0.5, 0.6) is 0 Å². The van der Waals surface area contributed by atoms with Gasteiger partial charge in [-0.05, 0) is 32.0 Å². The largest absolute Gasteiger partial charge is 0.398 e. The monoisotopic (exact) mass is 194 g/mol. The third-order valence-electron chi connectivity index (χ3n) is 2.73. The predicted octanol–water partition coefficient (Wildman–Crippen LogP) is 2.00. The zero-order chi connectivity index (χ0) is 10.1. The Labute approximate surface area is 83.5 Å². The number of nitrogens with zero attached hydrogens (tertiary/aromatic N) is 1. The summed E-state index contributed by atoms with van der Waals surface area (Å²) in [5.74, 6) is -0.197. The van der Waals surface area contributed by atoms with Crippen LogP contribution in [0.4, 0.5) is 10.1 Å². The van der Waals surface area contributed by atoms with Crippen molar-refractivity contribution in [3.05, 3.63) is 29.6 Å². The maximum Gasteiger partial charge on any atom is 0.129 e. The third-order valence-corrected chi connectivity index (χ3v) is 2.73. The van der Waals surface area contributed by atoms with E-state index in [1.807, 2.05) is 7.05 Å². The lowest BCUT2D eigenvalue weighted by Crippen LogP contribution is -2.21. The highest BCUT2D eigenvalue weighted by molar-refractivity contribution is 5.47. The van der Waals surface area contributed by atoms with Crippen molar-refractivity contribution in [2.24, 2.45) is 0 Å². The Hall–Kier alpha value is -1.09. The first kappa shape index (κ1) is 9.46. The van der Waals surface area contributed by atoms with Crippen LogP contribution < -0.4 is 5.73 Å². The number of rotatable bonds is 3. The molecule has 76 valence electrons. The van der Waals surface area contributed by atoms with Crippen molar-refractivity contribution in [3.8, 4) is 0 Å². The first-order valence-electron chi connectivity index (χ1n) is 4.91. The normalized spacial score (nSPS) is 16.2. The lowest BCUT2D eigenvalue weighted by atomic mass is 10.1. The SMILES string of the molecule is CN(Cc1c(N)cccc1F)C1CC1. The summed E-state index contributed by atoms with van der Waals surface area (Å²) >= 11 is 0. The van der Waals surface area contributed by atoms with Gasteiger partial charge in [0.05, 0.1) is 0 Å². The molecule has 0 amide bonds. The summed E-state index contributed by atoms with van der Waals surface area (Å²) < 4.78 is 13.4. The molecule has 3 heteroatoms. The molecule has 1 saturated carbocycles. The first-order valence-corrected chi connectivity index (χ1v) is 4.91. The Balaban J connectivity index is 2.14. The summed E-state index contributed by atoms with van der Waals surface area (Å²) in [4.78, 5) is 2.16. The molecule has 0 heterocycles. The average Bonchev–Trinajstić information content (AvgIpc) is 2.94. The van der Waals surface area contributed by atoms with Gasteiger partial charge in [0.2, 0.25) is 0 Å². The number of nitrogens with two attached hydrogens (primary N) is 1. The molecule has 1 aliphatic rings. The fourth-order valence-corrected chi connectivity index (χ4v) is 1.64. The van der Waals surface area contributed by atoms with Gasteiger partial charge in [0.15, 0.2) is 0 Å². The molecule has 2 rings (SSSR count). The number of nitrogen functional groups attached to an aromatic ring is 1. The average molecular weight is 194 g/mol. The van der Waals surface area contributed by atoms with Crippen LogP contribution in [0.3, 0.4) is 0 Å². The van der Waals surface area contributed by atoms with Gasteiger partial charge < -0.3 is 5.73 Å². The highest BCUT2D eigenvalue weighted by Crippen LogP contribution is 2.28. The van der Waals surface area contributed by atoms with Crippen LogP contribution >= 0.6 is 0 Å². The van der Waals surface area contributed by atoms with E-state index in [1.165, 1.54) is 18.9 Å². The molecular formula is C11H15FN2. The molecule has 1 aromatic rings. The second-order valence-corrected chi connectivity index (χ2v) is 3.95. The quantitative estimate of drug-likeness (QED) is 0.746. The van der Waals surface area contributed by atoms with Crippen LogP contribution in [0.2, 0.25) is 0 Å². The zero-order valence-electron chi connectivity index (χ0n) is 8.33. The van der Waals surface area contributed by atoms with Crippen molar-refractivity contribution in [2.45, 2.75) is 25.4 Å². The summed E-state index contributed by atoms with van der Waals surface area (Å²) in [6, 6.07) is 5.49. The molecule has 2 nitrogen and oxygen atoms in total. The van der Waals surface area contributed by atoms with Crippen molar-refractivity contribution in [1.82, 2.24) is 4.90 Å². The van der Waals surface area contributed by atoms with Gasteiger partial charge in [0.25, 0.3) is 0 Å². The van der Waals surface area contributed by atoms with Gasteiger partial charge >= 0.3 is 0 Å². The van der Waals surface area contributed by atoms with Crippen molar-refractivity contribution >= 4 is 5.69 Å². The number of anilines is 1. The minimum atomic E-state index is -0.197. The summed E-state index contributed by atoms with van der Waals surface area (Å²) in [6.07, 6.45) is 2.45. The number of halogens is 1. The van der Waals surface area contributed by atoms with Gasteiger partial charge in [-0.3, -0.25) is 4.90 Å². The Morgan fingerprint density at radius 3 is 2.79 bits per heavy atom. The Bertz CT molecular complexity index is 314. The van der Waals surface area contributed by atoms with Gasteiger partial charge in [-0.25, -0.2) is 4.39 Å². The van der Waals surface area contributed by atoms with E-state index in [9.17, 15) is 4.39 Å². The van der Waals surface area contributed by atoms with Crippen molar-refractivity contribution < 1.29 is 4.39 Å². The van der Waals surface area contributed by atoms with E-state index in [0.29, 0.717) is 23.8 Å². The molecule has 14 heavy (non-hydrogen) atoms. The van der Waals surface area contributed by atoms with Crippen LogP contribution in [0, 0.1) is 5.82 Å². The standard InChI is InChI=1S/C11H15FN2/c1-14(8-5-6-8)7-9-10(12)3-2-4-11(9)13/h2-4,8H,5-7,13H2,1H3. The molecule has 2 N–H and O–H groups in total. The van der Waals surface area contributed by atoms with E-state index >= 15 is 0 Å². The minimum Gasteiger partial charge on any atom is -0.398 e. The maximum atomic E-state index is 13.4. The molecule has 0 aliphatic heterocycles.